The zero-order chi connectivity index (χ0) is 18.0. The van der Waals surface area contributed by atoms with Gasteiger partial charge in [-0.3, -0.25) is 4.79 Å². The summed E-state index contributed by atoms with van der Waals surface area (Å²) < 4.78 is 19.5. The Morgan fingerprint density at radius 3 is 3.00 bits per heavy atom. The number of nitrogens with zero attached hydrogens (tertiary/aromatic N) is 1. The molecule has 0 saturated heterocycles. The third kappa shape index (κ3) is 3.01. The molecule has 0 radical (unpaired) electrons. The van der Waals surface area contributed by atoms with Gasteiger partial charge in [0.25, 0.3) is 5.91 Å². The van der Waals surface area contributed by atoms with Crippen molar-refractivity contribution in [2.45, 2.75) is 6.04 Å². The van der Waals surface area contributed by atoms with Crippen molar-refractivity contribution in [1.82, 2.24) is 4.98 Å². The van der Waals surface area contributed by atoms with Crippen LogP contribution in [0.5, 0.6) is 5.75 Å². The fourth-order valence-electron chi connectivity index (χ4n) is 2.57. The molecule has 0 spiro atoms. The molecular weight excluding hydrogens is 325 g/mol. The minimum absolute atomic E-state index is 0.0910. The van der Waals surface area contributed by atoms with Crippen LogP contribution in [0.15, 0.2) is 30.5 Å². The molecule has 6 nitrogen and oxygen atoms in total. The number of methoxy groups -OCH3 is 1. The molecule has 1 aliphatic heterocycles. The van der Waals surface area contributed by atoms with Crippen molar-refractivity contribution in [3.8, 4) is 17.6 Å². The highest BCUT2D eigenvalue weighted by Gasteiger charge is 2.35. The van der Waals surface area contributed by atoms with Crippen LogP contribution in [0.4, 0.5) is 10.2 Å². The molecule has 1 aromatic carbocycles. The van der Waals surface area contributed by atoms with Crippen molar-refractivity contribution >= 4 is 23.2 Å². The number of aliphatic hydroxyl groups excluding tert-OH is 1. The molecule has 128 valence electrons. The van der Waals surface area contributed by atoms with Gasteiger partial charge < -0.3 is 20.6 Å². The van der Waals surface area contributed by atoms with E-state index in [-0.39, 0.29) is 23.0 Å². The van der Waals surface area contributed by atoms with Crippen LogP contribution in [0.3, 0.4) is 0 Å². The van der Waals surface area contributed by atoms with Gasteiger partial charge >= 0.3 is 0 Å². The Balaban J connectivity index is 2.15. The second-order valence-corrected chi connectivity index (χ2v) is 5.36. The molecule has 0 unspecified atom stereocenters. The number of carbonyl (C=O) groups is 1. The van der Waals surface area contributed by atoms with E-state index in [9.17, 15) is 9.28 Å². The molecule has 1 amide bonds. The number of nitrogens with one attached hydrogen (secondary N) is 1. The summed E-state index contributed by atoms with van der Waals surface area (Å²) in [4.78, 5) is 15.3. The second-order valence-electron chi connectivity index (χ2n) is 5.36. The first-order valence-corrected chi connectivity index (χ1v) is 7.51. The number of nitrogens with two attached hydrogens (primary N) is 1. The molecule has 2 aromatic rings. The van der Waals surface area contributed by atoms with Gasteiger partial charge in [-0.2, -0.15) is 0 Å². The molecule has 2 heterocycles. The number of aromatic nitrogens is 1. The Hall–Kier alpha value is -3.08. The lowest BCUT2D eigenvalue weighted by atomic mass is 9.99. The number of amides is 1. The molecule has 4 N–H and O–H groups in total. The molecule has 0 fully saturated rings. The maximum Gasteiger partial charge on any atom is 0.287 e. The number of H-pyrrole nitrogens is 1. The molecule has 0 saturated carbocycles. The fourth-order valence-corrected chi connectivity index (χ4v) is 2.57. The zero-order valence-corrected chi connectivity index (χ0v) is 13.4. The van der Waals surface area contributed by atoms with Crippen molar-refractivity contribution in [2.24, 2.45) is 5.73 Å². The molecule has 3 rings (SSSR count). The highest BCUT2D eigenvalue weighted by Crippen LogP contribution is 2.40. The van der Waals surface area contributed by atoms with Crippen LogP contribution in [-0.2, 0) is 4.79 Å². The van der Waals surface area contributed by atoms with Gasteiger partial charge in [-0.1, -0.05) is 22.4 Å². The van der Waals surface area contributed by atoms with Crippen LogP contribution >= 0.6 is 0 Å². The maximum atomic E-state index is 14.3. The average Bonchev–Trinajstić information content (AvgIpc) is 3.18. The molecule has 0 bridgehead atoms. The number of carbonyl (C=O) groups excluding carboxylic acids is 1. The third-order valence-corrected chi connectivity index (χ3v) is 3.77. The Morgan fingerprint density at radius 2 is 2.28 bits per heavy atom. The second kappa shape index (κ2) is 6.81. The number of rotatable bonds is 3. The van der Waals surface area contributed by atoms with Crippen LogP contribution < -0.4 is 15.6 Å². The highest BCUT2D eigenvalue weighted by molar-refractivity contribution is 6.35. The van der Waals surface area contributed by atoms with Crippen molar-refractivity contribution in [3.05, 3.63) is 47.3 Å². The van der Waals surface area contributed by atoms with Crippen LogP contribution in [0.1, 0.15) is 16.8 Å². The standard InChI is InChI=1S/C18H16FN3O3/c1-25-16-7-8-21-14(16)9-13-17-11(5-6-12(20)10-23)3-2-4-15(17)22(19)18(13)24/h2-4,7-9,12,21,23H,10,20H2,1H3/t12-/m0/s1. The lowest BCUT2D eigenvalue weighted by molar-refractivity contribution is -0.115. The zero-order valence-electron chi connectivity index (χ0n) is 13.4. The number of ether oxygens (including phenoxy) is 1. The van der Waals surface area contributed by atoms with E-state index in [4.69, 9.17) is 15.6 Å². The first-order valence-electron chi connectivity index (χ1n) is 7.51. The van der Waals surface area contributed by atoms with Crippen molar-refractivity contribution < 1.29 is 19.1 Å². The minimum atomic E-state index is -0.785. The smallest absolute Gasteiger partial charge is 0.287 e. The summed E-state index contributed by atoms with van der Waals surface area (Å²) in [6.45, 7) is -0.293. The topological polar surface area (TPSA) is 91.6 Å². The Labute approximate surface area is 143 Å². The third-order valence-electron chi connectivity index (χ3n) is 3.77. The monoisotopic (exact) mass is 341 g/mol. The van der Waals surface area contributed by atoms with Crippen molar-refractivity contribution in [2.75, 3.05) is 18.8 Å². The van der Waals surface area contributed by atoms with E-state index in [0.29, 0.717) is 22.6 Å². The van der Waals surface area contributed by atoms with Crippen LogP contribution in [0, 0.1) is 11.8 Å². The van der Waals surface area contributed by atoms with Crippen LogP contribution in [-0.4, -0.2) is 35.8 Å². The lowest BCUT2D eigenvalue weighted by Crippen LogP contribution is -2.21. The average molecular weight is 341 g/mol. The normalized spacial score (nSPS) is 15.8. The number of aliphatic hydroxyl groups is 1. The molecule has 1 aromatic heterocycles. The minimum Gasteiger partial charge on any atom is -0.495 e. The van der Waals surface area contributed by atoms with Crippen LogP contribution in [0.2, 0.25) is 0 Å². The molecule has 7 heteroatoms. The summed E-state index contributed by atoms with van der Waals surface area (Å²) in [6.07, 6.45) is 3.18. The number of aromatic amines is 1. The van der Waals surface area contributed by atoms with Gasteiger partial charge in [0.05, 0.1) is 36.7 Å². The first kappa shape index (κ1) is 16.8. The predicted molar refractivity (Wildman–Crippen MR) is 92.2 cm³/mol. The summed E-state index contributed by atoms with van der Waals surface area (Å²) >= 11 is 0. The maximum absolute atomic E-state index is 14.3. The van der Waals surface area contributed by atoms with Gasteiger partial charge in [0, 0.05) is 17.3 Å². The highest BCUT2D eigenvalue weighted by atomic mass is 19.2. The Morgan fingerprint density at radius 1 is 1.48 bits per heavy atom. The van der Waals surface area contributed by atoms with E-state index < -0.39 is 11.9 Å². The summed E-state index contributed by atoms with van der Waals surface area (Å²) in [5.74, 6) is 5.24. The molecule has 1 aliphatic rings. The number of anilines is 1. The number of hydrogen-bond donors (Lipinski definition) is 3. The van der Waals surface area contributed by atoms with E-state index >= 15 is 0 Å². The van der Waals surface area contributed by atoms with E-state index in [1.807, 2.05) is 0 Å². The largest absolute Gasteiger partial charge is 0.495 e. The molecular formula is C18H16FN3O3. The van der Waals surface area contributed by atoms with Gasteiger partial charge in [0.15, 0.2) is 0 Å². The van der Waals surface area contributed by atoms with E-state index in [0.717, 1.165) is 0 Å². The van der Waals surface area contributed by atoms with E-state index in [2.05, 4.69) is 16.8 Å². The van der Waals surface area contributed by atoms with Gasteiger partial charge in [-0.25, -0.2) is 0 Å². The SMILES string of the molecule is COc1cc[nH]c1C=C1C(=O)N(F)c2cccc(C#C[C@H](N)CO)c21. The quantitative estimate of drug-likeness (QED) is 0.448. The summed E-state index contributed by atoms with van der Waals surface area (Å²) in [7, 11) is 1.50. The fraction of sp³-hybridized carbons (Fsp3) is 0.167. The Kier molecular flexibility index (Phi) is 4.57. The van der Waals surface area contributed by atoms with Crippen molar-refractivity contribution in [3.63, 3.8) is 0 Å². The van der Waals surface area contributed by atoms with Crippen LogP contribution in [0.25, 0.3) is 11.6 Å². The van der Waals surface area contributed by atoms with Gasteiger partial charge in [0.2, 0.25) is 0 Å². The van der Waals surface area contributed by atoms with E-state index in [1.54, 1.807) is 24.4 Å². The van der Waals surface area contributed by atoms with Gasteiger partial charge in [-0.05, 0) is 24.3 Å². The predicted octanol–water partition coefficient (Wildman–Crippen LogP) is 1.47. The van der Waals surface area contributed by atoms with Crippen molar-refractivity contribution in [1.29, 1.82) is 0 Å². The first-order chi connectivity index (χ1) is 12.1. The summed E-state index contributed by atoms with van der Waals surface area (Å²) in [5.41, 5.74) is 7.23. The number of hydrogen-bond acceptors (Lipinski definition) is 4. The summed E-state index contributed by atoms with van der Waals surface area (Å²) in [6, 6.07) is 5.75. The lowest BCUT2D eigenvalue weighted by Gasteiger charge is -2.04. The number of fused-ring (bicyclic) bond motifs is 1. The van der Waals surface area contributed by atoms with Gasteiger partial charge in [0.1, 0.15) is 5.75 Å². The summed E-state index contributed by atoms with van der Waals surface area (Å²) in [5, 5.41) is 9.08. The van der Waals surface area contributed by atoms with E-state index in [1.165, 1.54) is 19.3 Å². The number of halogens is 1. The molecule has 0 aliphatic carbocycles. The molecule has 25 heavy (non-hydrogen) atoms. The van der Waals surface area contributed by atoms with Gasteiger partial charge in [-0.15, -0.1) is 5.12 Å². The molecule has 1 atom stereocenters. The Bertz CT molecular complexity index is 908. The number of benzene rings is 1.